The van der Waals surface area contributed by atoms with Crippen molar-refractivity contribution in [3.8, 4) is 0 Å². The van der Waals surface area contributed by atoms with Gasteiger partial charge in [-0.05, 0) is 39.0 Å². The molecule has 0 aromatic heterocycles. The molecule has 0 saturated carbocycles. The van der Waals surface area contributed by atoms with E-state index in [0.29, 0.717) is 12.8 Å². The van der Waals surface area contributed by atoms with Gasteiger partial charge in [-0.2, -0.15) is 11.8 Å². The van der Waals surface area contributed by atoms with E-state index in [-0.39, 0.29) is 11.4 Å². The standard InChI is InChI=1S/C12H25NO3S/c1-5-12(13-4,11(15)16)7-6-8-17-10(3)9(2)14/h9-10,13-14H,5-8H2,1-4H3,(H,15,16). The van der Waals surface area contributed by atoms with E-state index in [1.54, 1.807) is 25.7 Å². The number of aliphatic carboxylic acids is 1. The number of carboxylic acid groups (broad SMARTS) is 1. The van der Waals surface area contributed by atoms with Crippen molar-refractivity contribution in [1.82, 2.24) is 5.32 Å². The summed E-state index contributed by atoms with van der Waals surface area (Å²) in [4.78, 5) is 11.2. The molecule has 102 valence electrons. The van der Waals surface area contributed by atoms with Crippen molar-refractivity contribution in [2.75, 3.05) is 12.8 Å². The number of aliphatic hydroxyl groups excluding tert-OH is 1. The smallest absolute Gasteiger partial charge is 0.323 e. The summed E-state index contributed by atoms with van der Waals surface area (Å²) in [5.41, 5.74) is -0.797. The number of likely N-dealkylation sites (N-methyl/N-ethyl adjacent to an activating group) is 1. The number of carboxylic acids is 1. The van der Waals surface area contributed by atoms with Gasteiger partial charge in [-0.3, -0.25) is 4.79 Å². The number of carbonyl (C=O) groups is 1. The fourth-order valence-electron chi connectivity index (χ4n) is 1.63. The molecule has 0 rings (SSSR count). The Morgan fingerprint density at radius 2 is 2.06 bits per heavy atom. The Kier molecular flexibility index (Phi) is 7.83. The summed E-state index contributed by atoms with van der Waals surface area (Å²) in [6, 6.07) is 0. The number of thioether (sulfide) groups is 1. The van der Waals surface area contributed by atoms with Crippen molar-refractivity contribution in [2.24, 2.45) is 0 Å². The van der Waals surface area contributed by atoms with Gasteiger partial charge >= 0.3 is 5.97 Å². The Bertz CT molecular complexity index is 230. The van der Waals surface area contributed by atoms with Crippen LogP contribution in [0.3, 0.4) is 0 Å². The third-order valence-electron chi connectivity index (χ3n) is 3.30. The molecule has 0 aliphatic carbocycles. The SMILES string of the molecule is CCC(CCCSC(C)C(C)O)(NC)C(=O)O. The van der Waals surface area contributed by atoms with Crippen LogP contribution in [0.15, 0.2) is 0 Å². The average molecular weight is 263 g/mol. The molecule has 0 bridgehead atoms. The molecule has 0 radical (unpaired) electrons. The van der Waals surface area contributed by atoms with Gasteiger partial charge in [-0.15, -0.1) is 0 Å². The van der Waals surface area contributed by atoms with E-state index in [1.165, 1.54) is 0 Å². The highest BCUT2D eigenvalue weighted by atomic mass is 32.2. The molecule has 0 heterocycles. The lowest BCUT2D eigenvalue weighted by Crippen LogP contribution is -2.49. The molecule has 0 aliphatic heterocycles. The Labute approximate surface area is 108 Å². The Balaban J connectivity index is 4.04. The summed E-state index contributed by atoms with van der Waals surface area (Å²) < 4.78 is 0. The van der Waals surface area contributed by atoms with Gasteiger partial charge in [0.15, 0.2) is 0 Å². The van der Waals surface area contributed by atoms with Gasteiger partial charge in [0.2, 0.25) is 0 Å². The monoisotopic (exact) mass is 263 g/mol. The minimum atomic E-state index is -0.797. The van der Waals surface area contributed by atoms with Crippen molar-refractivity contribution in [3.05, 3.63) is 0 Å². The zero-order chi connectivity index (χ0) is 13.5. The lowest BCUT2D eigenvalue weighted by Gasteiger charge is -2.27. The highest BCUT2D eigenvalue weighted by Gasteiger charge is 2.34. The van der Waals surface area contributed by atoms with Gasteiger partial charge in [0.25, 0.3) is 0 Å². The second-order valence-corrected chi connectivity index (χ2v) is 5.90. The number of hydrogen-bond acceptors (Lipinski definition) is 4. The Morgan fingerprint density at radius 1 is 1.47 bits per heavy atom. The highest BCUT2D eigenvalue weighted by Crippen LogP contribution is 2.21. The molecule has 0 aromatic carbocycles. The molecule has 0 aromatic rings. The summed E-state index contributed by atoms with van der Waals surface area (Å²) in [5.74, 6) is 0.0963. The summed E-state index contributed by atoms with van der Waals surface area (Å²) >= 11 is 1.69. The maximum Gasteiger partial charge on any atom is 0.323 e. The fourth-order valence-corrected chi connectivity index (χ4v) is 2.59. The van der Waals surface area contributed by atoms with Gasteiger partial charge in [0, 0.05) is 5.25 Å². The molecular formula is C12H25NO3S. The Morgan fingerprint density at radius 3 is 2.41 bits per heavy atom. The maximum absolute atomic E-state index is 11.2. The van der Waals surface area contributed by atoms with Crippen molar-refractivity contribution >= 4 is 17.7 Å². The van der Waals surface area contributed by atoms with Gasteiger partial charge < -0.3 is 15.5 Å². The van der Waals surface area contributed by atoms with Gasteiger partial charge in [0.1, 0.15) is 5.54 Å². The first-order valence-electron chi connectivity index (χ1n) is 6.11. The molecule has 0 aliphatic rings. The van der Waals surface area contributed by atoms with Crippen LogP contribution in [0.5, 0.6) is 0 Å². The second kappa shape index (κ2) is 7.95. The van der Waals surface area contributed by atoms with Crippen LogP contribution in [0.4, 0.5) is 0 Å². The predicted molar refractivity (Wildman–Crippen MR) is 72.6 cm³/mol. The summed E-state index contributed by atoms with van der Waals surface area (Å²) in [6.45, 7) is 5.65. The average Bonchev–Trinajstić information content (AvgIpc) is 2.29. The van der Waals surface area contributed by atoms with Crippen LogP contribution >= 0.6 is 11.8 Å². The van der Waals surface area contributed by atoms with Crippen molar-refractivity contribution in [3.63, 3.8) is 0 Å². The minimum absolute atomic E-state index is 0.199. The third-order valence-corrected chi connectivity index (χ3v) is 4.74. The first kappa shape index (κ1) is 16.7. The van der Waals surface area contributed by atoms with Gasteiger partial charge in [-0.1, -0.05) is 13.8 Å². The van der Waals surface area contributed by atoms with E-state index in [9.17, 15) is 15.0 Å². The summed E-state index contributed by atoms with van der Waals surface area (Å²) in [5, 5.41) is 21.7. The van der Waals surface area contributed by atoms with Gasteiger partial charge in [-0.25, -0.2) is 0 Å². The molecule has 3 unspecified atom stereocenters. The zero-order valence-electron chi connectivity index (χ0n) is 11.2. The predicted octanol–water partition coefficient (Wildman–Crippen LogP) is 1.72. The molecule has 3 atom stereocenters. The van der Waals surface area contributed by atoms with E-state index < -0.39 is 11.5 Å². The zero-order valence-corrected chi connectivity index (χ0v) is 12.0. The summed E-state index contributed by atoms with van der Waals surface area (Å²) in [7, 11) is 1.70. The topological polar surface area (TPSA) is 69.6 Å². The maximum atomic E-state index is 11.2. The summed E-state index contributed by atoms with van der Waals surface area (Å²) in [6.07, 6.45) is 1.72. The van der Waals surface area contributed by atoms with Crippen LogP contribution in [0, 0.1) is 0 Å². The number of nitrogens with one attached hydrogen (secondary N) is 1. The van der Waals surface area contributed by atoms with Crippen LogP contribution in [0.2, 0.25) is 0 Å². The molecule has 17 heavy (non-hydrogen) atoms. The highest BCUT2D eigenvalue weighted by molar-refractivity contribution is 7.99. The van der Waals surface area contributed by atoms with E-state index in [1.807, 2.05) is 13.8 Å². The molecule has 0 amide bonds. The lowest BCUT2D eigenvalue weighted by molar-refractivity contribution is -0.145. The van der Waals surface area contributed by atoms with Crippen molar-refractivity contribution < 1.29 is 15.0 Å². The normalized spacial score (nSPS) is 18.4. The first-order chi connectivity index (χ1) is 7.89. The molecule has 5 heteroatoms. The van der Waals surface area contributed by atoms with Crippen molar-refractivity contribution in [1.29, 1.82) is 0 Å². The quantitative estimate of drug-likeness (QED) is 0.553. The molecule has 4 nitrogen and oxygen atoms in total. The van der Waals surface area contributed by atoms with E-state index in [2.05, 4.69) is 5.32 Å². The lowest BCUT2D eigenvalue weighted by atomic mass is 9.91. The number of hydrogen-bond donors (Lipinski definition) is 3. The van der Waals surface area contributed by atoms with Crippen LogP contribution in [0.1, 0.15) is 40.0 Å². The molecule has 0 spiro atoms. The van der Waals surface area contributed by atoms with E-state index in [0.717, 1.165) is 12.2 Å². The van der Waals surface area contributed by atoms with Crippen LogP contribution in [-0.4, -0.2) is 45.9 Å². The van der Waals surface area contributed by atoms with E-state index >= 15 is 0 Å². The fraction of sp³-hybridized carbons (Fsp3) is 0.917. The van der Waals surface area contributed by atoms with Crippen LogP contribution in [-0.2, 0) is 4.79 Å². The minimum Gasteiger partial charge on any atom is -0.480 e. The van der Waals surface area contributed by atoms with Gasteiger partial charge in [0.05, 0.1) is 6.10 Å². The molecule has 0 saturated heterocycles. The largest absolute Gasteiger partial charge is 0.480 e. The van der Waals surface area contributed by atoms with Crippen molar-refractivity contribution in [2.45, 2.75) is 56.9 Å². The Hall–Kier alpha value is -0.260. The van der Waals surface area contributed by atoms with Crippen LogP contribution in [0.25, 0.3) is 0 Å². The molecular weight excluding hydrogens is 238 g/mol. The number of rotatable bonds is 9. The van der Waals surface area contributed by atoms with Crippen LogP contribution < -0.4 is 5.32 Å². The molecule has 0 fully saturated rings. The molecule has 3 N–H and O–H groups in total. The van der Waals surface area contributed by atoms with E-state index in [4.69, 9.17) is 0 Å². The third kappa shape index (κ3) is 5.27. The number of aliphatic hydroxyl groups is 1. The second-order valence-electron chi connectivity index (χ2n) is 4.41. The first-order valence-corrected chi connectivity index (χ1v) is 7.16.